The Hall–Kier alpha value is -3.81. The maximum Gasteiger partial charge on any atom is 0.262 e. The minimum Gasteiger partial charge on any atom is -0.489 e. The van der Waals surface area contributed by atoms with Crippen molar-refractivity contribution < 1.29 is 23.6 Å². The summed E-state index contributed by atoms with van der Waals surface area (Å²) in [5, 5.41) is 9.42. The number of hydrogen-bond donors (Lipinski definition) is 2. The first-order valence-corrected chi connectivity index (χ1v) is 9.02. The monoisotopic (exact) mass is 393 g/mol. The minimum atomic E-state index is -0.262. The molecule has 0 spiro atoms. The lowest BCUT2D eigenvalue weighted by atomic mass is 10.2. The zero-order valence-corrected chi connectivity index (χ0v) is 15.9. The number of benzene rings is 2. The molecule has 0 fully saturated rings. The number of anilines is 2. The summed E-state index contributed by atoms with van der Waals surface area (Å²) in [5.74, 6) is 1.42. The Morgan fingerprint density at radius 1 is 1.21 bits per heavy atom. The number of nitrogens with zero attached hydrogens (tertiary/aromatic N) is 1. The van der Waals surface area contributed by atoms with E-state index < -0.39 is 0 Å². The number of nitrogens with one attached hydrogen (secondary N) is 2. The zero-order chi connectivity index (χ0) is 20.4. The van der Waals surface area contributed by atoms with Crippen LogP contribution in [0.4, 0.5) is 11.4 Å². The molecule has 0 saturated carbocycles. The standard InChI is InChI=1S/C21H19N3O5/c1-12-17(13(2)29-24-12)10-27-16-6-3-14(4-7-16)21(26)22-15-5-8-18-19(9-15)28-11-20(25)23-18/h3-9H,10-11H2,1-2H3,(H,22,26)(H,23,25). The first-order chi connectivity index (χ1) is 14.0. The third kappa shape index (κ3) is 4.06. The maximum atomic E-state index is 12.5. The molecule has 2 aromatic carbocycles. The predicted octanol–water partition coefficient (Wildman–Crippen LogP) is 3.45. The molecule has 3 aromatic rings. The summed E-state index contributed by atoms with van der Waals surface area (Å²) in [6.45, 7) is 4.01. The zero-order valence-electron chi connectivity index (χ0n) is 15.9. The van der Waals surface area contributed by atoms with E-state index in [1.165, 1.54) is 0 Å². The highest BCUT2D eigenvalue weighted by atomic mass is 16.5. The van der Waals surface area contributed by atoms with E-state index in [1.54, 1.807) is 42.5 Å². The number of fused-ring (bicyclic) bond motifs is 1. The molecule has 0 unspecified atom stereocenters. The van der Waals surface area contributed by atoms with Crippen LogP contribution in [0.1, 0.15) is 27.4 Å². The van der Waals surface area contributed by atoms with Gasteiger partial charge in [-0.3, -0.25) is 9.59 Å². The molecule has 8 heteroatoms. The molecular weight excluding hydrogens is 374 g/mol. The van der Waals surface area contributed by atoms with Crippen LogP contribution in [0.15, 0.2) is 47.0 Å². The Kier molecular flexibility index (Phi) is 4.90. The number of carbonyl (C=O) groups is 2. The number of hydrogen-bond acceptors (Lipinski definition) is 6. The summed E-state index contributed by atoms with van der Waals surface area (Å²) >= 11 is 0. The van der Waals surface area contributed by atoms with Crippen molar-refractivity contribution in [2.45, 2.75) is 20.5 Å². The molecule has 2 amide bonds. The SMILES string of the molecule is Cc1noc(C)c1COc1ccc(C(=O)Nc2ccc3c(c2)OCC(=O)N3)cc1. The van der Waals surface area contributed by atoms with Crippen molar-refractivity contribution >= 4 is 23.2 Å². The highest BCUT2D eigenvalue weighted by Crippen LogP contribution is 2.30. The number of amides is 2. The van der Waals surface area contributed by atoms with Gasteiger partial charge in [0.2, 0.25) is 0 Å². The van der Waals surface area contributed by atoms with Crippen molar-refractivity contribution in [3.63, 3.8) is 0 Å². The molecule has 0 radical (unpaired) electrons. The van der Waals surface area contributed by atoms with Gasteiger partial charge in [0.1, 0.15) is 23.9 Å². The molecule has 0 aliphatic carbocycles. The van der Waals surface area contributed by atoms with Crippen molar-refractivity contribution in [2.24, 2.45) is 0 Å². The van der Waals surface area contributed by atoms with Gasteiger partial charge in [-0.25, -0.2) is 0 Å². The Bertz CT molecular complexity index is 1050. The molecule has 2 heterocycles. The Morgan fingerprint density at radius 3 is 2.72 bits per heavy atom. The van der Waals surface area contributed by atoms with Crippen LogP contribution in [-0.2, 0) is 11.4 Å². The highest BCUT2D eigenvalue weighted by molar-refractivity contribution is 6.05. The average Bonchev–Trinajstić information content (AvgIpc) is 3.04. The van der Waals surface area contributed by atoms with Gasteiger partial charge in [-0.2, -0.15) is 0 Å². The van der Waals surface area contributed by atoms with E-state index in [0.717, 1.165) is 17.0 Å². The predicted molar refractivity (Wildman–Crippen MR) is 105 cm³/mol. The number of aryl methyl sites for hydroxylation is 2. The van der Waals surface area contributed by atoms with E-state index in [4.69, 9.17) is 14.0 Å². The second-order valence-corrected chi connectivity index (χ2v) is 6.62. The van der Waals surface area contributed by atoms with Gasteiger partial charge in [-0.15, -0.1) is 0 Å². The fraction of sp³-hybridized carbons (Fsp3) is 0.190. The first kappa shape index (κ1) is 18.5. The number of rotatable bonds is 5. The van der Waals surface area contributed by atoms with Gasteiger partial charge < -0.3 is 24.6 Å². The van der Waals surface area contributed by atoms with Gasteiger partial charge in [0.05, 0.1) is 16.9 Å². The lowest BCUT2D eigenvalue weighted by molar-refractivity contribution is -0.118. The number of ether oxygens (including phenoxy) is 2. The lowest BCUT2D eigenvalue weighted by Crippen LogP contribution is -2.25. The van der Waals surface area contributed by atoms with E-state index >= 15 is 0 Å². The molecule has 8 nitrogen and oxygen atoms in total. The van der Waals surface area contributed by atoms with Crippen LogP contribution in [0.25, 0.3) is 0 Å². The van der Waals surface area contributed by atoms with E-state index in [9.17, 15) is 9.59 Å². The lowest BCUT2D eigenvalue weighted by Gasteiger charge is -2.18. The van der Waals surface area contributed by atoms with E-state index in [-0.39, 0.29) is 18.4 Å². The number of carbonyl (C=O) groups excluding carboxylic acids is 2. The molecule has 0 saturated heterocycles. The van der Waals surface area contributed by atoms with Crippen LogP contribution in [-0.4, -0.2) is 23.6 Å². The van der Waals surface area contributed by atoms with Crippen LogP contribution in [0.5, 0.6) is 11.5 Å². The third-order valence-corrected chi connectivity index (χ3v) is 4.55. The van der Waals surface area contributed by atoms with Gasteiger partial charge in [-0.05, 0) is 50.2 Å². The highest BCUT2D eigenvalue weighted by Gasteiger charge is 2.17. The molecule has 0 atom stereocenters. The van der Waals surface area contributed by atoms with Crippen LogP contribution in [0.2, 0.25) is 0 Å². The van der Waals surface area contributed by atoms with Crippen LogP contribution in [0, 0.1) is 13.8 Å². The molecular formula is C21H19N3O5. The summed E-state index contributed by atoms with van der Waals surface area (Å²) in [4.78, 5) is 23.8. The molecule has 148 valence electrons. The minimum absolute atomic E-state index is 0.0419. The molecule has 1 aliphatic heterocycles. The van der Waals surface area contributed by atoms with Gasteiger partial charge in [0.15, 0.2) is 6.61 Å². The summed E-state index contributed by atoms with van der Waals surface area (Å²) < 4.78 is 16.2. The van der Waals surface area contributed by atoms with Gasteiger partial charge >= 0.3 is 0 Å². The second kappa shape index (κ2) is 7.67. The van der Waals surface area contributed by atoms with Crippen molar-refractivity contribution in [3.05, 3.63) is 65.0 Å². The van der Waals surface area contributed by atoms with Gasteiger partial charge in [0.25, 0.3) is 11.8 Å². The van der Waals surface area contributed by atoms with E-state index in [0.29, 0.717) is 35.0 Å². The molecule has 4 rings (SSSR count). The van der Waals surface area contributed by atoms with Crippen molar-refractivity contribution in [1.29, 1.82) is 0 Å². The number of aromatic nitrogens is 1. The van der Waals surface area contributed by atoms with Crippen molar-refractivity contribution in [1.82, 2.24) is 5.16 Å². The van der Waals surface area contributed by atoms with Gasteiger partial charge in [-0.1, -0.05) is 5.16 Å². The molecule has 2 N–H and O–H groups in total. The summed E-state index contributed by atoms with van der Waals surface area (Å²) in [5.41, 5.74) is 3.36. The van der Waals surface area contributed by atoms with Gasteiger partial charge in [0, 0.05) is 17.3 Å². The molecule has 29 heavy (non-hydrogen) atoms. The van der Waals surface area contributed by atoms with Crippen molar-refractivity contribution in [3.8, 4) is 11.5 Å². The van der Waals surface area contributed by atoms with Crippen LogP contribution < -0.4 is 20.1 Å². The Labute approximate surface area is 166 Å². The smallest absolute Gasteiger partial charge is 0.262 e. The van der Waals surface area contributed by atoms with E-state index in [1.807, 2.05) is 13.8 Å². The summed E-state index contributed by atoms with van der Waals surface area (Å²) in [6, 6.07) is 11.9. The molecule has 1 aliphatic rings. The van der Waals surface area contributed by atoms with Crippen LogP contribution in [0.3, 0.4) is 0 Å². The average molecular weight is 393 g/mol. The first-order valence-electron chi connectivity index (χ1n) is 9.02. The summed E-state index contributed by atoms with van der Waals surface area (Å²) in [6.07, 6.45) is 0. The topological polar surface area (TPSA) is 103 Å². The Morgan fingerprint density at radius 2 is 2.00 bits per heavy atom. The molecule has 1 aromatic heterocycles. The quantitative estimate of drug-likeness (QED) is 0.688. The third-order valence-electron chi connectivity index (χ3n) is 4.55. The maximum absolute atomic E-state index is 12.5. The normalized spacial score (nSPS) is 12.6. The molecule has 0 bridgehead atoms. The fourth-order valence-corrected chi connectivity index (χ4v) is 2.92. The fourth-order valence-electron chi connectivity index (χ4n) is 2.92. The summed E-state index contributed by atoms with van der Waals surface area (Å²) in [7, 11) is 0. The van der Waals surface area contributed by atoms with E-state index in [2.05, 4.69) is 15.8 Å². The second-order valence-electron chi connectivity index (χ2n) is 6.62. The largest absolute Gasteiger partial charge is 0.489 e. The Balaban J connectivity index is 1.39. The van der Waals surface area contributed by atoms with Crippen LogP contribution >= 0.6 is 0 Å². The van der Waals surface area contributed by atoms with Crippen molar-refractivity contribution in [2.75, 3.05) is 17.2 Å².